The van der Waals surface area contributed by atoms with E-state index in [0.29, 0.717) is 11.1 Å². The van der Waals surface area contributed by atoms with Crippen molar-refractivity contribution in [2.75, 3.05) is 5.32 Å². The highest BCUT2D eigenvalue weighted by atomic mass is 79.9. The second-order valence-corrected chi connectivity index (χ2v) is 5.71. The van der Waals surface area contributed by atoms with E-state index in [2.05, 4.69) is 26.2 Å². The number of nitrogens with zero attached hydrogens (tertiary/aromatic N) is 1. The Morgan fingerprint density at radius 2 is 1.95 bits per heavy atom. The van der Waals surface area contributed by atoms with E-state index >= 15 is 0 Å². The van der Waals surface area contributed by atoms with Gasteiger partial charge < -0.3 is 5.32 Å². The zero-order valence-corrected chi connectivity index (χ0v) is 13.0. The number of aromatic nitrogens is 1. The van der Waals surface area contributed by atoms with E-state index < -0.39 is 0 Å². The number of nitrogens with one attached hydrogen (secondary N) is 1. The van der Waals surface area contributed by atoms with Gasteiger partial charge in [0.15, 0.2) is 0 Å². The van der Waals surface area contributed by atoms with Crippen molar-refractivity contribution in [3.8, 4) is 0 Å². The van der Waals surface area contributed by atoms with Gasteiger partial charge in [-0.15, -0.1) is 0 Å². The van der Waals surface area contributed by atoms with Gasteiger partial charge in [0.05, 0.1) is 11.1 Å². The molecule has 1 amide bonds. The maximum atomic E-state index is 12.5. The van der Waals surface area contributed by atoms with Crippen LogP contribution in [0.4, 0.5) is 5.69 Å². The molecule has 0 unspecified atom stereocenters. The number of carbonyl (C=O) groups excluding carboxylic acids is 1. The van der Waals surface area contributed by atoms with Crippen molar-refractivity contribution in [2.24, 2.45) is 0 Å². The Balaban J connectivity index is 1.97. The first-order chi connectivity index (χ1) is 10.1. The number of hydrogen-bond acceptors (Lipinski definition) is 2. The van der Waals surface area contributed by atoms with Crippen LogP contribution in [0.15, 0.2) is 59.2 Å². The summed E-state index contributed by atoms with van der Waals surface area (Å²) in [4.78, 5) is 16.8. The van der Waals surface area contributed by atoms with Gasteiger partial charge in [-0.2, -0.15) is 0 Å². The number of aryl methyl sites for hydroxylation is 1. The molecule has 4 heteroatoms. The van der Waals surface area contributed by atoms with E-state index in [4.69, 9.17) is 0 Å². The van der Waals surface area contributed by atoms with Gasteiger partial charge in [-0.05, 0) is 42.8 Å². The number of para-hydroxylation sites is 1. The molecule has 0 aliphatic carbocycles. The summed E-state index contributed by atoms with van der Waals surface area (Å²) >= 11 is 3.42. The minimum Gasteiger partial charge on any atom is -0.322 e. The number of amides is 1. The molecular formula is C17H13BrN2O. The van der Waals surface area contributed by atoms with Gasteiger partial charge in [0.1, 0.15) is 0 Å². The van der Waals surface area contributed by atoms with Gasteiger partial charge in [-0.25, -0.2) is 0 Å². The molecule has 3 aromatic rings. The highest BCUT2D eigenvalue weighted by Crippen LogP contribution is 2.22. The number of hydrogen-bond donors (Lipinski definition) is 1. The maximum Gasteiger partial charge on any atom is 0.257 e. The maximum absolute atomic E-state index is 12.5. The number of anilines is 1. The van der Waals surface area contributed by atoms with Crippen LogP contribution >= 0.6 is 15.9 Å². The summed E-state index contributed by atoms with van der Waals surface area (Å²) in [6.45, 7) is 1.96. The third-order valence-electron chi connectivity index (χ3n) is 3.31. The van der Waals surface area contributed by atoms with Crippen LogP contribution in [0.25, 0.3) is 10.9 Å². The summed E-state index contributed by atoms with van der Waals surface area (Å²) < 4.78 is 0.991. The molecule has 104 valence electrons. The lowest BCUT2D eigenvalue weighted by molar-refractivity contribution is 0.102. The quantitative estimate of drug-likeness (QED) is 0.743. The van der Waals surface area contributed by atoms with E-state index in [1.807, 2.05) is 49.4 Å². The lowest BCUT2D eigenvalue weighted by atomic mass is 10.1. The molecule has 21 heavy (non-hydrogen) atoms. The highest BCUT2D eigenvalue weighted by molar-refractivity contribution is 9.10. The van der Waals surface area contributed by atoms with E-state index in [1.165, 1.54) is 0 Å². The Kier molecular flexibility index (Phi) is 3.71. The fourth-order valence-corrected chi connectivity index (χ4v) is 2.72. The van der Waals surface area contributed by atoms with Crippen LogP contribution < -0.4 is 5.32 Å². The van der Waals surface area contributed by atoms with Gasteiger partial charge in [-0.3, -0.25) is 9.78 Å². The van der Waals surface area contributed by atoms with E-state index in [1.54, 1.807) is 12.3 Å². The van der Waals surface area contributed by atoms with Crippen molar-refractivity contribution in [1.29, 1.82) is 0 Å². The minimum atomic E-state index is -0.148. The van der Waals surface area contributed by atoms with Gasteiger partial charge in [-0.1, -0.05) is 34.1 Å². The smallest absolute Gasteiger partial charge is 0.257 e. The van der Waals surface area contributed by atoms with E-state index in [-0.39, 0.29) is 5.91 Å². The number of carbonyl (C=O) groups is 1. The lowest BCUT2D eigenvalue weighted by Crippen LogP contribution is -2.13. The van der Waals surface area contributed by atoms with Crippen LogP contribution in [0, 0.1) is 6.92 Å². The van der Waals surface area contributed by atoms with Gasteiger partial charge in [0.2, 0.25) is 0 Å². The Labute approximate surface area is 131 Å². The SMILES string of the molecule is Cc1cc(Br)ccc1NC(=O)c1cccc2cccnc12. The second kappa shape index (κ2) is 5.66. The zero-order valence-electron chi connectivity index (χ0n) is 11.4. The zero-order chi connectivity index (χ0) is 14.8. The summed E-state index contributed by atoms with van der Waals surface area (Å²) in [6.07, 6.45) is 1.70. The van der Waals surface area contributed by atoms with Crippen molar-refractivity contribution in [2.45, 2.75) is 6.92 Å². The number of rotatable bonds is 2. The molecule has 0 aliphatic heterocycles. The predicted octanol–water partition coefficient (Wildman–Crippen LogP) is 4.56. The molecule has 1 heterocycles. The average Bonchev–Trinajstić information content (AvgIpc) is 2.49. The molecule has 1 N–H and O–H groups in total. The van der Waals surface area contributed by atoms with Crippen LogP contribution in [0.3, 0.4) is 0 Å². The van der Waals surface area contributed by atoms with Gasteiger partial charge >= 0.3 is 0 Å². The molecule has 0 fully saturated rings. The summed E-state index contributed by atoms with van der Waals surface area (Å²) in [5.74, 6) is -0.148. The molecule has 2 aromatic carbocycles. The molecule has 0 saturated carbocycles. The first-order valence-electron chi connectivity index (χ1n) is 6.56. The van der Waals surface area contributed by atoms with E-state index in [0.717, 1.165) is 21.1 Å². The normalized spacial score (nSPS) is 10.6. The van der Waals surface area contributed by atoms with Crippen LogP contribution in [-0.4, -0.2) is 10.9 Å². The van der Waals surface area contributed by atoms with Crippen LogP contribution in [0.5, 0.6) is 0 Å². The van der Waals surface area contributed by atoms with E-state index in [9.17, 15) is 4.79 Å². The van der Waals surface area contributed by atoms with Crippen molar-refractivity contribution in [1.82, 2.24) is 4.98 Å². The molecule has 1 aromatic heterocycles. The molecule has 0 saturated heterocycles. The number of halogens is 1. The highest BCUT2D eigenvalue weighted by Gasteiger charge is 2.12. The topological polar surface area (TPSA) is 42.0 Å². The number of benzene rings is 2. The third kappa shape index (κ3) is 2.81. The summed E-state index contributed by atoms with van der Waals surface area (Å²) in [6, 6.07) is 15.2. The second-order valence-electron chi connectivity index (χ2n) is 4.79. The minimum absolute atomic E-state index is 0.148. The number of fused-ring (bicyclic) bond motifs is 1. The van der Waals surface area contributed by atoms with Crippen LogP contribution in [0.1, 0.15) is 15.9 Å². The summed E-state index contributed by atoms with van der Waals surface area (Å²) in [5, 5.41) is 3.90. The van der Waals surface area contributed by atoms with Crippen molar-refractivity contribution < 1.29 is 4.79 Å². The van der Waals surface area contributed by atoms with Crippen molar-refractivity contribution >= 4 is 38.4 Å². The molecule has 3 nitrogen and oxygen atoms in total. The molecule has 0 atom stereocenters. The third-order valence-corrected chi connectivity index (χ3v) is 3.81. The number of pyridine rings is 1. The standard InChI is InChI=1S/C17H13BrN2O/c1-11-10-13(18)7-8-15(11)20-17(21)14-6-2-4-12-5-3-9-19-16(12)14/h2-10H,1H3,(H,20,21). The largest absolute Gasteiger partial charge is 0.322 e. The van der Waals surface area contributed by atoms with Crippen LogP contribution in [-0.2, 0) is 0 Å². The lowest BCUT2D eigenvalue weighted by Gasteiger charge is -2.10. The first-order valence-corrected chi connectivity index (χ1v) is 7.36. The molecule has 0 spiro atoms. The van der Waals surface area contributed by atoms with Gasteiger partial charge in [0, 0.05) is 21.7 Å². The summed E-state index contributed by atoms with van der Waals surface area (Å²) in [7, 11) is 0. The molecular weight excluding hydrogens is 328 g/mol. The first kappa shape index (κ1) is 13.8. The Hall–Kier alpha value is -2.20. The Bertz CT molecular complexity index is 825. The fraction of sp³-hybridized carbons (Fsp3) is 0.0588. The monoisotopic (exact) mass is 340 g/mol. The molecule has 3 rings (SSSR count). The van der Waals surface area contributed by atoms with Crippen LogP contribution in [0.2, 0.25) is 0 Å². The Morgan fingerprint density at radius 3 is 2.76 bits per heavy atom. The summed E-state index contributed by atoms with van der Waals surface area (Å²) in [5.41, 5.74) is 3.10. The Morgan fingerprint density at radius 1 is 1.14 bits per heavy atom. The molecule has 0 aliphatic rings. The van der Waals surface area contributed by atoms with Crippen molar-refractivity contribution in [3.05, 3.63) is 70.3 Å². The predicted molar refractivity (Wildman–Crippen MR) is 88.6 cm³/mol. The van der Waals surface area contributed by atoms with Crippen molar-refractivity contribution in [3.63, 3.8) is 0 Å². The molecule has 0 radical (unpaired) electrons. The molecule has 0 bridgehead atoms. The fourth-order valence-electron chi connectivity index (χ4n) is 2.24. The average molecular weight is 341 g/mol. The van der Waals surface area contributed by atoms with Gasteiger partial charge in [0.25, 0.3) is 5.91 Å².